The normalized spacial score (nSPS) is 14.3. The Kier molecular flexibility index (Phi) is 6.82. The molecule has 1 aliphatic heterocycles. The van der Waals surface area contributed by atoms with Gasteiger partial charge in [0.05, 0.1) is 64.5 Å². The van der Waals surface area contributed by atoms with E-state index in [2.05, 4.69) is 17.1 Å². The van der Waals surface area contributed by atoms with Gasteiger partial charge in [-0.2, -0.15) is 10.5 Å². The van der Waals surface area contributed by atoms with Gasteiger partial charge < -0.3 is 9.30 Å². The summed E-state index contributed by atoms with van der Waals surface area (Å²) in [7, 11) is 1.51. The maximum absolute atomic E-state index is 15.4. The summed E-state index contributed by atoms with van der Waals surface area (Å²) in [6.45, 7) is 3.98. The summed E-state index contributed by atoms with van der Waals surface area (Å²) in [5, 5.41) is 18.5. The molecule has 4 aromatic rings. The van der Waals surface area contributed by atoms with Crippen molar-refractivity contribution in [2.24, 2.45) is 0 Å². The highest BCUT2D eigenvalue weighted by Crippen LogP contribution is 2.48. The molecule has 0 saturated heterocycles. The molecule has 0 spiro atoms. The highest BCUT2D eigenvalue weighted by molar-refractivity contribution is 6.31. The van der Waals surface area contributed by atoms with Gasteiger partial charge in [0.15, 0.2) is 5.82 Å². The molecule has 1 amide bonds. The fraction of sp³-hybridized carbons (Fsp3) is 0.200. The fourth-order valence-corrected chi connectivity index (χ4v) is 5.30. The number of hydrogen-bond donors (Lipinski definition) is 0. The molecule has 0 aliphatic carbocycles. The number of hydrogen-bond acceptors (Lipinski definition) is 5. The summed E-state index contributed by atoms with van der Waals surface area (Å²) < 4.78 is 22.9. The molecule has 0 N–H and O–H groups in total. The summed E-state index contributed by atoms with van der Waals surface area (Å²) in [5.41, 5.74) is 4.34. The van der Waals surface area contributed by atoms with Crippen molar-refractivity contribution in [2.45, 2.75) is 32.4 Å². The van der Waals surface area contributed by atoms with Crippen LogP contribution in [0.4, 0.5) is 10.1 Å². The highest BCUT2D eigenvalue weighted by atomic mass is 35.5. The van der Waals surface area contributed by atoms with Crippen molar-refractivity contribution in [1.82, 2.24) is 9.55 Å². The number of fused-ring (bicyclic) bond motifs is 1. The van der Waals surface area contributed by atoms with E-state index in [4.69, 9.17) is 16.3 Å². The molecular formula is C30H23ClFN5O2. The maximum Gasteiger partial charge on any atom is 0.261 e. The van der Waals surface area contributed by atoms with Crippen LogP contribution in [0, 0.1) is 28.5 Å². The van der Waals surface area contributed by atoms with E-state index in [1.54, 1.807) is 42.6 Å². The van der Waals surface area contributed by atoms with Crippen molar-refractivity contribution in [3.05, 3.63) is 99.6 Å². The third kappa shape index (κ3) is 4.29. The number of carbonyl (C=O) groups is 1. The SMILES string of the molecule is COc1ncc(CC#N)cc1-c1cc2c(n1C(C)C)C(c1ccc(C#N)cc1)N(c1cccc(Cl)c1F)C2=O. The lowest BCUT2D eigenvalue weighted by atomic mass is 10.0. The van der Waals surface area contributed by atoms with Crippen LogP contribution in [-0.4, -0.2) is 22.6 Å². The van der Waals surface area contributed by atoms with E-state index >= 15 is 4.39 Å². The first-order valence-electron chi connectivity index (χ1n) is 12.2. The molecule has 0 bridgehead atoms. The zero-order chi connectivity index (χ0) is 27.8. The van der Waals surface area contributed by atoms with E-state index in [1.165, 1.54) is 24.1 Å². The molecular weight excluding hydrogens is 517 g/mol. The molecule has 3 heterocycles. The number of nitriles is 2. The predicted octanol–water partition coefficient (Wildman–Crippen LogP) is 6.62. The number of halogens is 2. The lowest BCUT2D eigenvalue weighted by Gasteiger charge is -2.29. The molecule has 7 nitrogen and oxygen atoms in total. The van der Waals surface area contributed by atoms with Crippen LogP contribution in [0.15, 0.2) is 60.8 Å². The molecule has 9 heteroatoms. The predicted molar refractivity (Wildman–Crippen MR) is 145 cm³/mol. The Morgan fingerprint density at radius 2 is 1.87 bits per heavy atom. The van der Waals surface area contributed by atoms with Crippen LogP contribution in [0.3, 0.4) is 0 Å². The van der Waals surface area contributed by atoms with Gasteiger partial charge in [-0.3, -0.25) is 9.69 Å². The standard InChI is InChI=1S/C30H23ClFN5O2/c1-17(2)36-25(21-13-19(11-12-33)16-35-29(21)39-3)14-22-28(36)27(20-9-7-18(15-34)8-10-20)37(30(22)38)24-6-4-5-23(31)26(24)32/h4-10,13-14,16-17,27H,11H2,1-3H3. The average Bonchev–Trinajstić information content (AvgIpc) is 3.45. The van der Waals surface area contributed by atoms with Gasteiger partial charge >= 0.3 is 0 Å². The Hall–Kier alpha value is -4.66. The maximum atomic E-state index is 15.4. The number of ether oxygens (including phenoxy) is 1. The molecule has 1 unspecified atom stereocenters. The van der Waals surface area contributed by atoms with Crippen molar-refractivity contribution in [2.75, 3.05) is 12.0 Å². The van der Waals surface area contributed by atoms with Crippen molar-refractivity contribution in [3.63, 3.8) is 0 Å². The third-order valence-corrected chi connectivity index (χ3v) is 7.06. The van der Waals surface area contributed by atoms with Crippen molar-refractivity contribution in [1.29, 1.82) is 10.5 Å². The first-order chi connectivity index (χ1) is 18.8. The monoisotopic (exact) mass is 539 g/mol. The summed E-state index contributed by atoms with van der Waals surface area (Å²) >= 11 is 6.12. The fourth-order valence-electron chi connectivity index (χ4n) is 5.13. The largest absolute Gasteiger partial charge is 0.481 e. The third-order valence-electron chi connectivity index (χ3n) is 6.77. The van der Waals surface area contributed by atoms with Crippen LogP contribution < -0.4 is 9.64 Å². The van der Waals surface area contributed by atoms with E-state index in [0.29, 0.717) is 45.1 Å². The molecule has 2 aromatic carbocycles. The van der Waals surface area contributed by atoms with Crippen LogP contribution in [0.25, 0.3) is 11.3 Å². The number of benzene rings is 2. The van der Waals surface area contributed by atoms with E-state index in [-0.39, 0.29) is 29.1 Å². The molecule has 2 aromatic heterocycles. The molecule has 0 saturated carbocycles. The molecule has 0 radical (unpaired) electrons. The molecule has 194 valence electrons. The number of aromatic nitrogens is 2. The molecule has 5 rings (SSSR count). The van der Waals surface area contributed by atoms with Crippen LogP contribution in [0.1, 0.15) is 58.7 Å². The second-order valence-electron chi connectivity index (χ2n) is 9.41. The zero-order valence-electron chi connectivity index (χ0n) is 21.4. The number of amides is 1. The van der Waals surface area contributed by atoms with E-state index < -0.39 is 11.9 Å². The minimum absolute atomic E-state index is 0.0604. The van der Waals surface area contributed by atoms with Crippen LogP contribution in [0.2, 0.25) is 5.02 Å². The van der Waals surface area contributed by atoms with Gasteiger partial charge in [0.1, 0.15) is 6.04 Å². The number of methoxy groups -OCH3 is 1. The quantitative estimate of drug-likeness (QED) is 0.274. The highest BCUT2D eigenvalue weighted by Gasteiger charge is 2.44. The van der Waals surface area contributed by atoms with Crippen LogP contribution in [0.5, 0.6) is 5.88 Å². The molecule has 1 atom stereocenters. The van der Waals surface area contributed by atoms with E-state index in [9.17, 15) is 15.3 Å². The van der Waals surface area contributed by atoms with Gasteiger partial charge in [-0.25, -0.2) is 9.37 Å². The van der Waals surface area contributed by atoms with Gasteiger partial charge in [0.2, 0.25) is 5.88 Å². The minimum Gasteiger partial charge on any atom is -0.481 e. The van der Waals surface area contributed by atoms with Gasteiger partial charge in [-0.15, -0.1) is 0 Å². The van der Waals surface area contributed by atoms with Gasteiger partial charge in [-0.1, -0.05) is 29.8 Å². The van der Waals surface area contributed by atoms with Crippen molar-refractivity contribution in [3.8, 4) is 29.3 Å². The smallest absolute Gasteiger partial charge is 0.261 e. The van der Waals surface area contributed by atoms with Crippen molar-refractivity contribution >= 4 is 23.2 Å². The second kappa shape index (κ2) is 10.2. The Balaban J connectivity index is 1.80. The topological polar surface area (TPSA) is 94.9 Å². The number of anilines is 1. The van der Waals surface area contributed by atoms with E-state index in [1.807, 2.05) is 24.5 Å². The number of rotatable bonds is 6. The molecule has 39 heavy (non-hydrogen) atoms. The van der Waals surface area contributed by atoms with Gasteiger partial charge in [0, 0.05) is 12.2 Å². The molecule has 1 aliphatic rings. The van der Waals surface area contributed by atoms with Crippen LogP contribution in [-0.2, 0) is 6.42 Å². The second-order valence-corrected chi connectivity index (χ2v) is 9.82. The zero-order valence-corrected chi connectivity index (χ0v) is 22.2. The number of pyridine rings is 1. The van der Waals surface area contributed by atoms with Crippen LogP contribution >= 0.6 is 11.6 Å². The van der Waals surface area contributed by atoms with Crippen molar-refractivity contribution < 1.29 is 13.9 Å². The van der Waals surface area contributed by atoms with Gasteiger partial charge in [0.25, 0.3) is 5.91 Å². The summed E-state index contributed by atoms with van der Waals surface area (Å²) in [6.07, 6.45) is 1.76. The first kappa shape index (κ1) is 26.0. The Bertz CT molecular complexity index is 1680. The Morgan fingerprint density at radius 1 is 1.13 bits per heavy atom. The number of nitrogens with zero attached hydrogens (tertiary/aromatic N) is 5. The van der Waals surface area contributed by atoms with Gasteiger partial charge in [-0.05, 0) is 61.4 Å². The minimum atomic E-state index is -0.703. The lowest BCUT2D eigenvalue weighted by molar-refractivity contribution is 0.0992. The number of carbonyl (C=O) groups excluding carboxylic acids is 1. The Labute approximate surface area is 230 Å². The Morgan fingerprint density at radius 3 is 2.51 bits per heavy atom. The average molecular weight is 540 g/mol. The molecule has 0 fully saturated rings. The first-order valence-corrected chi connectivity index (χ1v) is 12.6. The van der Waals surface area contributed by atoms with E-state index in [0.717, 1.165) is 0 Å². The summed E-state index contributed by atoms with van der Waals surface area (Å²) in [6, 6.07) is 18.5. The lowest BCUT2D eigenvalue weighted by Crippen LogP contribution is -2.30. The summed E-state index contributed by atoms with van der Waals surface area (Å²) in [4.78, 5) is 19.9. The summed E-state index contributed by atoms with van der Waals surface area (Å²) in [5.74, 6) is -0.723.